The van der Waals surface area contributed by atoms with Gasteiger partial charge in [0.15, 0.2) is 0 Å². The van der Waals surface area contributed by atoms with Gasteiger partial charge in [-0.15, -0.1) is 0 Å². The molecule has 1 aliphatic rings. The summed E-state index contributed by atoms with van der Waals surface area (Å²) in [6, 6.07) is 13.0. The molecule has 3 rings (SSSR count). The summed E-state index contributed by atoms with van der Waals surface area (Å²) in [5.41, 5.74) is -2.38. The third-order valence-corrected chi connectivity index (χ3v) is 3.93. The molecular formula is C15H11F3N2OS. The largest absolute Gasteiger partial charge is 0.446 e. The summed E-state index contributed by atoms with van der Waals surface area (Å²) < 4.78 is 36.9. The number of rotatable bonds is 2. The summed E-state index contributed by atoms with van der Waals surface area (Å²) in [5, 5.41) is 5.93. The van der Waals surface area contributed by atoms with Gasteiger partial charge in [0.1, 0.15) is 6.17 Å². The molecule has 0 radical (unpaired) electrons. The molecule has 0 saturated heterocycles. The van der Waals surface area contributed by atoms with Crippen molar-refractivity contribution in [3.05, 3.63) is 59.7 Å². The third kappa shape index (κ3) is 3.19. The lowest BCUT2D eigenvalue weighted by Gasteiger charge is -2.28. The van der Waals surface area contributed by atoms with Crippen molar-refractivity contribution in [2.75, 3.05) is 5.32 Å². The maximum Gasteiger partial charge on any atom is 0.446 e. The summed E-state index contributed by atoms with van der Waals surface area (Å²) in [6.07, 6.45) is -0.465. The molecule has 0 fully saturated rings. The van der Waals surface area contributed by atoms with Crippen LogP contribution in [-0.4, -0.2) is 11.4 Å². The van der Waals surface area contributed by atoms with Crippen LogP contribution in [0.2, 0.25) is 0 Å². The van der Waals surface area contributed by atoms with Crippen LogP contribution in [0, 0.1) is 0 Å². The zero-order valence-corrected chi connectivity index (χ0v) is 12.0. The SMILES string of the molecule is O=C1N[C@H](c2ccc(SC(F)(F)F)cc2)Nc2ccccc21. The molecule has 0 aromatic heterocycles. The van der Waals surface area contributed by atoms with Crippen LogP contribution < -0.4 is 10.6 Å². The first-order valence-electron chi connectivity index (χ1n) is 6.44. The van der Waals surface area contributed by atoms with Crippen molar-refractivity contribution in [3.8, 4) is 0 Å². The number of halogens is 3. The smallest absolute Gasteiger partial charge is 0.361 e. The van der Waals surface area contributed by atoms with Crippen LogP contribution in [0.5, 0.6) is 0 Å². The van der Waals surface area contributed by atoms with Crippen molar-refractivity contribution in [1.82, 2.24) is 5.32 Å². The number of hydrogen-bond donors (Lipinski definition) is 2. The van der Waals surface area contributed by atoms with Crippen LogP contribution in [0.4, 0.5) is 18.9 Å². The molecular weight excluding hydrogens is 313 g/mol. The molecule has 7 heteroatoms. The van der Waals surface area contributed by atoms with E-state index in [0.29, 0.717) is 16.8 Å². The fraction of sp³-hybridized carbons (Fsp3) is 0.133. The van der Waals surface area contributed by atoms with E-state index in [4.69, 9.17) is 0 Å². The highest BCUT2D eigenvalue weighted by atomic mass is 32.2. The highest BCUT2D eigenvalue weighted by Gasteiger charge is 2.29. The van der Waals surface area contributed by atoms with Gasteiger partial charge in [0.05, 0.1) is 5.56 Å². The number of thioether (sulfide) groups is 1. The second-order valence-electron chi connectivity index (χ2n) is 4.71. The van der Waals surface area contributed by atoms with E-state index in [2.05, 4.69) is 10.6 Å². The quantitative estimate of drug-likeness (QED) is 0.815. The molecule has 2 aromatic carbocycles. The molecule has 0 unspecified atom stereocenters. The molecule has 1 heterocycles. The molecule has 1 aliphatic heterocycles. The molecule has 114 valence electrons. The number of carbonyl (C=O) groups is 1. The minimum atomic E-state index is -4.31. The zero-order chi connectivity index (χ0) is 15.7. The molecule has 22 heavy (non-hydrogen) atoms. The highest BCUT2D eigenvalue weighted by Crippen LogP contribution is 2.37. The van der Waals surface area contributed by atoms with Crippen LogP contribution >= 0.6 is 11.8 Å². The van der Waals surface area contributed by atoms with E-state index in [-0.39, 0.29) is 22.6 Å². The maximum atomic E-state index is 12.3. The molecule has 2 N–H and O–H groups in total. The average molecular weight is 324 g/mol. The summed E-state index contributed by atoms with van der Waals surface area (Å²) in [7, 11) is 0. The van der Waals surface area contributed by atoms with Gasteiger partial charge in [-0.25, -0.2) is 0 Å². The number of para-hydroxylation sites is 1. The summed E-state index contributed by atoms with van der Waals surface area (Å²) in [6.45, 7) is 0. The molecule has 0 saturated carbocycles. The predicted molar refractivity (Wildman–Crippen MR) is 78.6 cm³/mol. The lowest BCUT2D eigenvalue weighted by atomic mass is 10.1. The maximum absolute atomic E-state index is 12.3. The average Bonchev–Trinajstić information content (AvgIpc) is 2.46. The van der Waals surface area contributed by atoms with Crippen LogP contribution in [0.1, 0.15) is 22.1 Å². The van der Waals surface area contributed by atoms with Gasteiger partial charge in [0.2, 0.25) is 0 Å². The molecule has 0 aliphatic carbocycles. The van der Waals surface area contributed by atoms with Gasteiger partial charge in [-0.1, -0.05) is 24.3 Å². The van der Waals surface area contributed by atoms with Gasteiger partial charge in [-0.05, 0) is 41.6 Å². The first kappa shape index (κ1) is 14.8. The van der Waals surface area contributed by atoms with E-state index in [9.17, 15) is 18.0 Å². The van der Waals surface area contributed by atoms with Crippen molar-refractivity contribution < 1.29 is 18.0 Å². The van der Waals surface area contributed by atoms with Gasteiger partial charge < -0.3 is 10.6 Å². The van der Waals surface area contributed by atoms with E-state index in [1.165, 1.54) is 12.1 Å². The molecule has 2 aromatic rings. The lowest BCUT2D eigenvalue weighted by molar-refractivity contribution is -0.0328. The molecule has 1 atom stereocenters. The lowest BCUT2D eigenvalue weighted by Crippen LogP contribution is -2.38. The minimum Gasteiger partial charge on any atom is -0.361 e. The Kier molecular flexibility index (Phi) is 3.74. The van der Waals surface area contributed by atoms with Gasteiger partial charge in [-0.3, -0.25) is 4.79 Å². The Morgan fingerprint density at radius 1 is 0.955 bits per heavy atom. The molecule has 0 spiro atoms. The van der Waals surface area contributed by atoms with Crippen LogP contribution in [0.3, 0.4) is 0 Å². The number of fused-ring (bicyclic) bond motifs is 1. The van der Waals surface area contributed by atoms with Crippen LogP contribution in [-0.2, 0) is 0 Å². The van der Waals surface area contributed by atoms with Crippen molar-refractivity contribution in [1.29, 1.82) is 0 Å². The number of hydrogen-bond acceptors (Lipinski definition) is 3. The number of anilines is 1. The van der Waals surface area contributed by atoms with E-state index >= 15 is 0 Å². The summed E-state index contributed by atoms with van der Waals surface area (Å²) in [4.78, 5) is 12.1. The molecule has 1 amide bonds. The predicted octanol–water partition coefficient (Wildman–Crippen LogP) is 4.15. The Morgan fingerprint density at radius 3 is 2.32 bits per heavy atom. The Hall–Kier alpha value is -2.15. The second kappa shape index (κ2) is 5.57. The summed E-state index contributed by atoms with van der Waals surface area (Å²) >= 11 is -0.163. The monoisotopic (exact) mass is 324 g/mol. The molecule has 3 nitrogen and oxygen atoms in total. The fourth-order valence-corrected chi connectivity index (χ4v) is 2.78. The van der Waals surface area contributed by atoms with Gasteiger partial charge in [0, 0.05) is 10.6 Å². The Labute approximate surface area is 128 Å². The van der Waals surface area contributed by atoms with E-state index in [0.717, 1.165) is 0 Å². The topological polar surface area (TPSA) is 41.1 Å². The van der Waals surface area contributed by atoms with Crippen molar-refractivity contribution in [2.24, 2.45) is 0 Å². The Balaban J connectivity index is 1.80. The van der Waals surface area contributed by atoms with E-state index in [1.54, 1.807) is 30.3 Å². The molecule has 0 bridgehead atoms. The Morgan fingerprint density at radius 2 is 1.64 bits per heavy atom. The fourth-order valence-electron chi connectivity index (χ4n) is 2.24. The normalized spacial score (nSPS) is 17.4. The van der Waals surface area contributed by atoms with Crippen molar-refractivity contribution >= 4 is 23.4 Å². The second-order valence-corrected chi connectivity index (χ2v) is 5.85. The number of benzene rings is 2. The number of alkyl halides is 3. The number of nitrogens with one attached hydrogen (secondary N) is 2. The van der Waals surface area contributed by atoms with E-state index in [1.807, 2.05) is 6.07 Å². The zero-order valence-electron chi connectivity index (χ0n) is 11.1. The third-order valence-electron chi connectivity index (χ3n) is 3.19. The van der Waals surface area contributed by atoms with Gasteiger partial charge in [0.25, 0.3) is 5.91 Å². The van der Waals surface area contributed by atoms with Crippen molar-refractivity contribution in [2.45, 2.75) is 16.6 Å². The first-order valence-corrected chi connectivity index (χ1v) is 7.26. The van der Waals surface area contributed by atoms with Crippen LogP contribution in [0.25, 0.3) is 0 Å². The van der Waals surface area contributed by atoms with E-state index < -0.39 is 11.7 Å². The number of carbonyl (C=O) groups excluding carboxylic acids is 1. The Bertz CT molecular complexity index is 701. The van der Waals surface area contributed by atoms with Gasteiger partial charge in [-0.2, -0.15) is 13.2 Å². The standard InChI is InChI=1S/C15H11F3N2OS/c16-15(17,18)22-10-7-5-9(6-8-10)13-19-12-4-2-1-3-11(12)14(21)20-13/h1-8,13,19H,(H,20,21)/t13-/m1/s1. The van der Waals surface area contributed by atoms with Crippen LogP contribution in [0.15, 0.2) is 53.4 Å². The van der Waals surface area contributed by atoms with Crippen molar-refractivity contribution in [3.63, 3.8) is 0 Å². The first-order chi connectivity index (χ1) is 10.4. The van der Waals surface area contributed by atoms with Gasteiger partial charge >= 0.3 is 5.51 Å². The minimum absolute atomic E-state index is 0.110. The summed E-state index contributed by atoms with van der Waals surface area (Å²) in [5.74, 6) is -0.215. The highest BCUT2D eigenvalue weighted by molar-refractivity contribution is 8.00. The number of amides is 1.